The molecule has 3 aliphatic rings. The number of hydrogen-bond acceptors (Lipinski definition) is 4. The summed E-state index contributed by atoms with van der Waals surface area (Å²) in [6, 6.07) is 11.8. The van der Waals surface area contributed by atoms with Crippen LogP contribution in [0, 0.1) is 5.92 Å². The molecular weight excluding hydrogens is 397 g/mol. The van der Waals surface area contributed by atoms with E-state index in [0.29, 0.717) is 12.1 Å². The maximum Gasteiger partial charge on any atom is 0.237 e. The third kappa shape index (κ3) is 5.39. The Bertz CT molecular complexity index is 599. The van der Waals surface area contributed by atoms with Crippen molar-refractivity contribution in [3.63, 3.8) is 0 Å². The molecule has 3 heterocycles. The molecule has 0 saturated carbocycles. The largest absolute Gasteiger partial charge is 0.381 e. The number of nitrogens with two attached hydrogens (primary N) is 1. The van der Waals surface area contributed by atoms with Crippen LogP contribution in [0.25, 0.3) is 0 Å². The predicted molar refractivity (Wildman–Crippen MR) is 116 cm³/mol. The van der Waals surface area contributed by atoms with Crippen LogP contribution in [0.4, 0.5) is 0 Å². The zero-order chi connectivity index (χ0) is 17.9. The van der Waals surface area contributed by atoms with E-state index >= 15 is 0 Å². The van der Waals surface area contributed by atoms with Crippen molar-refractivity contribution in [1.29, 1.82) is 0 Å². The van der Waals surface area contributed by atoms with E-state index in [-0.39, 0.29) is 48.7 Å². The molecule has 4 rings (SSSR count). The molecule has 3 unspecified atom stereocenters. The monoisotopic (exact) mass is 429 g/mol. The molecule has 0 spiro atoms. The zero-order valence-electron chi connectivity index (χ0n) is 16.3. The molecule has 2 bridgehead atoms. The molecule has 3 aliphatic heterocycles. The molecule has 5 nitrogen and oxygen atoms in total. The number of piperidine rings is 1. The third-order valence-corrected chi connectivity index (χ3v) is 6.52. The summed E-state index contributed by atoms with van der Waals surface area (Å²) in [7, 11) is 0. The lowest BCUT2D eigenvalue weighted by Gasteiger charge is -2.40. The standard InChI is InChI=1S/C21H31N3O2.2ClH/c22-20(16-8-10-26-11-9-16)21(25)23-17-12-18-6-7-19(13-17)24(18)14-15-4-2-1-3-5-15;;/h1-5,16-20H,6-14,22H2,(H,23,25);2*1H. The minimum Gasteiger partial charge on any atom is -0.381 e. The van der Waals surface area contributed by atoms with Crippen LogP contribution in [0.3, 0.4) is 0 Å². The first-order chi connectivity index (χ1) is 12.7. The summed E-state index contributed by atoms with van der Waals surface area (Å²) >= 11 is 0. The summed E-state index contributed by atoms with van der Waals surface area (Å²) in [4.78, 5) is 15.3. The maximum atomic E-state index is 12.6. The Kier molecular flexibility index (Phi) is 9.03. The van der Waals surface area contributed by atoms with Crippen LogP contribution < -0.4 is 11.1 Å². The van der Waals surface area contributed by atoms with Crippen LogP contribution in [0.1, 0.15) is 44.1 Å². The van der Waals surface area contributed by atoms with Crippen molar-refractivity contribution in [3.8, 4) is 0 Å². The number of hydrogen-bond donors (Lipinski definition) is 2. The summed E-state index contributed by atoms with van der Waals surface area (Å²) < 4.78 is 5.38. The van der Waals surface area contributed by atoms with Crippen molar-refractivity contribution in [2.75, 3.05) is 13.2 Å². The Morgan fingerprint density at radius 2 is 1.68 bits per heavy atom. The average Bonchev–Trinajstić information content (AvgIpc) is 2.91. The number of benzene rings is 1. The van der Waals surface area contributed by atoms with Crippen molar-refractivity contribution >= 4 is 30.7 Å². The highest BCUT2D eigenvalue weighted by Crippen LogP contribution is 2.37. The minimum absolute atomic E-state index is 0. The fourth-order valence-electron chi connectivity index (χ4n) is 5.03. The molecule has 0 radical (unpaired) electrons. The van der Waals surface area contributed by atoms with Crippen molar-refractivity contribution in [2.24, 2.45) is 11.7 Å². The highest BCUT2D eigenvalue weighted by Gasteiger charge is 2.41. The van der Waals surface area contributed by atoms with Crippen molar-refractivity contribution in [1.82, 2.24) is 10.2 Å². The average molecular weight is 430 g/mol. The van der Waals surface area contributed by atoms with Gasteiger partial charge in [-0.1, -0.05) is 30.3 Å². The van der Waals surface area contributed by atoms with E-state index in [4.69, 9.17) is 10.5 Å². The number of fused-ring (bicyclic) bond motifs is 2. The Balaban J connectivity index is 0.00000140. The lowest BCUT2D eigenvalue weighted by molar-refractivity contribution is -0.125. The van der Waals surface area contributed by atoms with Gasteiger partial charge in [-0.25, -0.2) is 0 Å². The minimum atomic E-state index is -0.390. The van der Waals surface area contributed by atoms with Crippen LogP contribution in [-0.4, -0.2) is 48.2 Å². The third-order valence-electron chi connectivity index (χ3n) is 6.52. The summed E-state index contributed by atoms with van der Waals surface area (Å²) in [5.74, 6) is 0.302. The zero-order valence-corrected chi connectivity index (χ0v) is 17.9. The number of rotatable bonds is 5. The van der Waals surface area contributed by atoms with E-state index in [1.165, 1.54) is 18.4 Å². The number of nitrogens with zero attached hydrogens (tertiary/aromatic N) is 1. The summed E-state index contributed by atoms with van der Waals surface area (Å²) in [6.45, 7) is 2.49. The number of carbonyl (C=O) groups excluding carboxylic acids is 1. The smallest absolute Gasteiger partial charge is 0.237 e. The van der Waals surface area contributed by atoms with Gasteiger partial charge in [0.1, 0.15) is 0 Å². The number of ether oxygens (including phenoxy) is 1. The van der Waals surface area contributed by atoms with Gasteiger partial charge in [-0.2, -0.15) is 0 Å². The second kappa shape index (κ2) is 10.8. The van der Waals surface area contributed by atoms with E-state index in [9.17, 15) is 4.79 Å². The second-order valence-corrected chi connectivity index (χ2v) is 8.20. The molecule has 28 heavy (non-hydrogen) atoms. The molecule has 3 atom stereocenters. The van der Waals surface area contributed by atoms with Crippen molar-refractivity contribution in [3.05, 3.63) is 35.9 Å². The molecule has 0 aliphatic carbocycles. The van der Waals surface area contributed by atoms with E-state index < -0.39 is 0 Å². The molecule has 0 aromatic heterocycles. The molecule has 7 heteroatoms. The molecule has 3 saturated heterocycles. The van der Waals surface area contributed by atoms with Crippen LogP contribution in [-0.2, 0) is 16.1 Å². The molecule has 1 amide bonds. The van der Waals surface area contributed by atoms with Gasteiger partial charge < -0.3 is 15.8 Å². The van der Waals surface area contributed by atoms with E-state index in [1.807, 2.05) is 0 Å². The summed E-state index contributed by atoms with van der Waals surface area (Å²) in [6.07, 6.45) is 6.39. The van der Waals surface area contributed by atoms with Crippen molar-refractivity contribution in [2.45, 2.75) is 69.2 Å². The van der Waals surface area contributed by atoms with Crippen LogP contribution in [0.2, 0.25) is 0 Å². The molecule has 3 fully saturated rings. The van der Waals surface area contributed by atoms with Gasteiger partial charge in [-0.05, 0) is 50.0 Å². The quantitative estimate of drug-likeness (QED) is 0.754. The maximum absolute atomic E-state index is 12.6. The lowest BCUT2D eigenvalue weighted by Crippen LogP contribution is -2.54. The van der Waals surface area contributed by atoms with Crippen molar-refractivity contribution < 1.29 is 9.53 Å². The van der Waals surface area contributed by atoms with E-state index in [0.717, 1.165) is 45.4 Å². The lowest BCUT2D eigenvalue weighted by atomic mass is 9.90. The molecule has 158 valence electrons. The summed E-state index contributed by atoms with van der Waals surface area (Å²) in [5, 5.41) is 3.27. The number of carbonyl (C=O) groups is 1. The molecule has 1 aromatic rings. The molecule has 3 N–H and O–H groups in total. The first-order valence-corrected chi connectivity index (χ1v) is 10.1. The van der Waals surface area contributed by atoms with Gasteiger partial charge in [0.15, 0.2) is 0 Å². The Morgan fingerprint density at radius 1 is 1.07 bits per heavy atom. The van der Waals surface area contributed by atoms with Gasteiger partial charge in [0, 0.05) is 37.9 Å². The van der Waals surface area contributed by atoms with Gasteiger partial charge >= 0.3 is 0 Å². The fourth-order valence-corrected chi connectivity index (χ4v) is 5.03. The highest BCUT2D eigenvalue weighted by molar-refractivity contribution is 5.85. The Labute approximate surface area is 180 Å². The van der Waals surface area contributed by atoms with Crippen LogP contribution >= 0.6 is 24.8 Å². The van der Waals surface area contributed by atoms with Gasteiger partial charge in [0.05, 0.1) is 6.04 Å². The van der Waals surface area contributed by atoms with E-state index in [1.54, 1.807) is 0 Å². The van der Waals surface area contributed by atoms with Gasteiger partial charge in [-0.3, -0.25) is 9.69 Å². The molecule has 1 aromatic carbocycles. The number of halogens is 2. The number of amides is 1. The highest BCUT2D eigenvalue weighted by atomic mass is 35.5. The van der Waals surface area contributed by atoms with Crippen LogP contribution in [0.15, 0.2) is 30.3 Å². The normalized spacial score (nSPS) is 28.7. The SMILES string of the molecule is Cl.Cl.NC(C(=O)NC1CC2CCC(C1)N2Cc1ccccc1)C1CCOCC1. The van der Waals surface area contributed by atoms with Gasteiger partial charge in [-0.15, -0.1) is 24.8 Å². The number of nitrogens with one attached hydrogen (secondary N) is 1. The Hall–Kier alpha value is -0.850. The predicted octanol–water partition coefficient (Wildman–Crippen LogP) is 2.90. The first kappa shape index (κ1) is 23.4. The second-order valence-electron chi connectivity index (χ2n) is 8.20. The topological polar surface area (TPSA) is 67.6 Å². The fraction of sp³-hybridized carbons (Fsp3) is 0.667. The molecular formula is C21H33Cl2N3O2. The first-order valence-electron chi connectivity index (χ1n) is 10.1. The van der Waals surface area contributed by atoms with E-state index in [2.05, 4.69) is 40.5 Å². The van der Waals surface area contributed by atoms with Gasteiger partial charge in [0.25, 0.3) is 0 Å². The summed E-state index contributed by atoms with van der Waals surface area (Å²) in [5.41, 5.74) is 7.63. The van der Waals surface area contributed by atoms with Crippen LogP contribution in [0.5, 0.6) is 0 Å². The van der Waals surface area contributed by atoms with Gasteiger partial charge in [0.2, 0.25) is 5.91 Å². The Morgan fingerprint density at radius 3 is 2.29 bits per heavy atom.